The summed E-state index contributed by atoms with van der Waals surface area (Å²) in [5, 5.41) is 3.76. The smallest absolute Gasteiger partial charge is 0.269 e. The zero-order valence-corrected chi connectivity index (χ0v) is 15.6. The Balaban J connectivity index is 1.95. The number of anilines is 1. The van der Waals surface area contributed by atoms with Gasteiger partial charge in [0.1, 0.15) is 0 Å². The van der Waals surface area contributed by atoms with Crippen LogP contribution in [0.2, 0.25) is 15.1 Å². The van der Waals surface area contributed by atoms with E-state index in [1.54, 1.807) is 13.1 Å². The summed E-state index contributed by atoms with van der Waals surface area (Å²) < 4.78 is 3.73. The quantitative estimate of drug-likeness (QED) is 0.607. The number of nitrogens with zero attached hydrogens (tertiary/aromatic N) is 2. The second-order valence-electron chi connectivity index (χ2n) is 5.51. The van der Waals surface area contributed by atoms with Crippen molar-refractivity contribution in [1.29, 1.82) is 0 Å². The van der Waals surface area contributed by atoms with E-state index in [0.29, 0.717) is 10.7 Å². The Labute approximate surface area is 160 Å². The van der Waals surface area contributed by atoms with Crippen LogP contribution in [-0.4, -0.2) is 10.5 Å². The topological polar surface area (TPSA) is 37.9 Å². The van der Waals surface area contributed by atoms with Gasteiger partial charge >= 0.3 is 0 Å². The molecule has 0 radical (unpaired) electrons. The Hall–Kier alpha value is -2.01. The lowest BCUT2D eigenvalue weighted by atomic mass is 10.2. The molecule has 0 saturated heterocycles. The minimum absolute atomic E-state index is 0.247. The third-order valence-electron chi connectivity index (χ3n) is 3.94. The molecule has 3 rings (SSSR count). The summed E-state index contributed by atoms with van der Waals surface area (Å²) in [4.78, 5) is 12.7. The number of para-hydroxylation sites is 2. The summed E-state index contributed by atoms with van der Waals surface area (Å²) in [5.74, 6) is -0.247. The minimum Gasteiger partial charge on any atom is -0.320 e. The fourth-order valence-corrected chi connectivity index (χ4v) is 3.54. The number of halogens is 3. The molecule has 4 nitrogen and oxygen atoms in total. The van der Waals surface area contributed by atoms with Crippen molar-refractivity contribution in [3.8, 4) is 0 Å². The molecule has 0 unspecified atom stereocenters. The molecule has 0 aliphatic carbocycles. The third kappa shape index (κ3) is 3.38. The molecule has 128 valence electrons. The van der Waals surface area contributed by atoms with Crippen molar-refractivity contribution < 1.29 is 9.36 Å². The van der Waals surface area contributed by atoms with Gasteiger partial charge in [-0.25, -0.2) is 9.13 Å². The highest BCUT2D eigenvalue weighted by Gasteiger charge is 2.25. The van der Waals surface area contributed by atoms with Crippen molar-refractivity contribution in [2.75, 3.05) is 5.32 Å². The average molecular weight is 396 g/mol. The van der Waals surface area contributed by atoms with Crippen LogP contribution in [-0.2, 0) is 4.79 Å². The molecule has 7 heteroatoms. The average Bonchev–Trinajstić information content (AvgIpc) is 2.96. The van der Waals surface area contributed by atoms with Crippen LogP contribution in [0.3, 0.4) is 0 Å². The second-order valence-corrected chi connectivity index (χ2v) is 6.76. The molecule has 1 heterocycles. The van der Waals surface area contributed by atoms with Gasteiger partial charge in [-0.2, -0.15) is 0 Å². The van der Waals surface area contributed by atoms with E-state index in [4.69, 9.17) is 34.8 Å². The van der Waals surface area contributed by atoms with Gasteiger partial charge in [-0.3, -0.25) is 4.79 Å². The fraction of sp³-hybridized carbons (Fsp3) is 0.111. The number of benzene rings is 2. The monoisotopic (exact) mass is 394 g/mol. The van der Waals surface area contributed by atoms with Crippen LogP contribution in [0.4, 0.5) is 5.69 Å². The first kappa shape index (κ1) is 17.8. The number of fused-ring (bicyclic) bond motifs is 1. The second kappa shape index (κ2) is 7.08. The van der Waals surface area contributed by atoms with E-state index in [0.717, 1.165) is 11.0 Å². The molecule has 0 aliphatic rings. The van der Waals surface area contributed by atoms with Crippen LogP contribution in [0.5, 0.6) is 0 Å². The van der Waals surface area contributed by atoms with Crippen molar-refractivity contribution in [1.82, 2.24) is 4.57 Å². The summed E-state index contributed by atoms with van der Waals surface area (Å²) in [6.07, 6.45) is 3.52. The molecule has 0 saturated carbocycles. The molecular formula is C18H15Cl3N3O+. The predicted octanol–water partition coefficient (Wildman–Crippen LogP) is 5.19. The Bertz CT molecular complexity index is 958. The van der Waals surface area contributed by atoms with Gasteiger partial charge in [-0.15, -0.1) is 0 Å². The normalized spacial score (nSPS) is 12.2. The van der Waals surface area contributed by atoms with Gasteiger partial charge in [0.2, 0.25) is 6.33 Å². The van der Waals surface area contributed by atoms with Gasteiger partial charge < -0.3 is 5.32 Å². The zero-order chi connectivity index (χ0) is 18.1. The number of hydrogen-bond acceptors (Lipinski definition) is 1. The number of rotatable bonds is 4. The van der Waals surface area contributed by atoms with Crippen LogP contribution >= 0.6 is 34.8 Å². The molecule has 1 aromatic heterocycles. The summed E-state index contributed by atoms with van der Waals surface area (Å²) >= 11 is 18.2. The first-order valence-electron chi connectivity index (χ1n) is 7.51. The molecule has 1 atom stereocenters. The van der Waals surface area contributed by atoms with Crippen molar-refractivity contribution in [2.24, 2.45) is 0 Å². The highest BCUT2D eigenvalue weighted by Crippen LogP contribution is 2.34. The molecule has 0 bridgehead atoms. The van der Waals surface area contributed by atoms with E-state index in [9.17, 15) is 4.79 Å². The Morgan fingerprint density at radius 3 is 2.52 bits per heavy atom. The van der Waals surface area contributed by atoms with E-state index in [-0.39, 0.29) is 16.0 Å². The summed E-state index contributed by atoms with van der Waals surface area (Å²) in [6.45, 7) is 5.60. The van der Waals surface area contributed by atoms with Crippen LogP contribution in [0, 0.1) is 0 Å². The number of imidazole rings is 1. The fourth-order valence-electron chi connectivity index (χ4n) is 2.63. The molecule has 0 aliphatic heterocycles. The maximum atomic E-state index is 12.7. The SMILES string of the molecule is C=Cn1c[n+]([C@@H](C)C(=O)Nc2c(Cl)cc(Cl)cc2Cl)c2ccccc21. The van der Waals surface area contributed by atoms with Crippen LogP contribution in [0.15, 0.2) is 49.3 Å². The first-order valence-corrected chi connectivity index (χ1v) is 8.64. The molecule has 1 N–H and O–H groups in total. The van der Waals surface area contributed by atoms with Crippen LogP contribution in [0.1, 0.15) is 13.0 Å². The van der Waals surface area contributed by atoms with Crippen molar-refractivity contribution in [3.05, 3.63) is 64.4 Å². The predicted molar refractivity (Wildman–Crippen MR) is 103 cm³/mol. The van der Waals surface area contributed by atoms with Crippen molar-refractivity contribution in [2.45, 2.75) is 13.0 Å². The summed E-state index contributed by atoms with van der Waals surface area (Å²) in [7, 11) is 0. The van der Waals surface area contributed by atoms with Crippen LogP contribution in [0.25, 0.3) is 17.2 Å². The maximum absolute atomic E-state index is 12.7. The lowest BCUT2D eigenvalue weighted by molar-refractivity contribution is -0.680. The third-order valence-corrected chi connectivity index (χ3v) is 4.75. The number of aromatic nitrogens is 2. The van der Waals surface area contributed by atoms with E-state index in [2.05, 4.69) is 11.9 Å². The van der Waals surface area contributed by atoms with Gasteiger partial charge in [0, 0.05) is 5.02 Å². The van der Waals surface area contributed by atoms with E-state index < -0.39 is 6.04 Å². The molecule has 0 spiro atoms. The summed E-state index contributed by atoms with van der Waals surface area (Å²) in [5.41, 5.74) is 2.22. The van der Waals surface area contributed by atoms with Crippen LogP contribution < -0.4 is 9.88 Å². The zero-order valence-electron chi connectivity index (χ0n) is 13.3. The van der Waals surface area contributed by atoms with E-state index in [1.807, 2.05) is 39.7 Å². The molecule has 2 aromatic carbocycles. The minimum atomic E-state index is -0.492. The standard InChI is InChI=1S/C18H14Cl3N3O/c1-3-23-10-24(16-7-5-4-6-15(16)23)11(2)18(25)22-17-13(20)8-12(19)9-14(17)21/h3-11H,1H2,2H3/p+1/t11-/m0/s1. The largest absolute Gasteiger partial charge is 0.320 e. The number of nitrogens with one attached hydrogen (secondary N) is 1. The number of hydrogen-bond donors (Lipinski definition) is 1. The highest BCUT2D eigenvalue weighted by atomic mass is 35.5. The van der Waals surface area contributed by atoms with Gasteiger partial charge in [0.05, 0.1) is 21.9 Å². The molecule has 1 amide bonds. The van der Waals surface area contributed by atoms with E-state index >= 15 is 0 Å². The van der Waals surface area contributed by atoms with Crippen molar-refractivity contribution >= 4 is 63.6 Å². The molecule has 0 fully saturated rings. The van der Waals surface area contributed by atoms with E-state index in [1.165, 1.54) is 12.1 Å². The maximum Gasteiger partial charge on any atom is 0.269 e. The van der Waals surface area contributed by atoms with Gasteiger partial charge in [0.25, 0.3) is 5.91 Å². The molecule has 3 aromatic rings. The lowest BCUT2D eigenvalue weighted by Gasteiger charge is -2.13. The Morgan fingerprint density at radius 1 is 1.24 bits per heavy atom. The molecule has 25 heavy (non-hydrogen) atoms. The highest BCUT2D eigenvalue weighted by molar-refractivity contribution is 6.42. The first-order chi connectivity index (χ1) is 11.9. The number of carbonyl (C=O) groups is 1. The van der Waals surface area contributed by atoms with Crippen molar-refractivity contribution in [3.63, 3.8) is 0 Å². The number of carbonyl (C=O) groups excluding carboxylic acids is 1. The Kier molecular flexibility index (Phi) is 5.04. The number of amides is 1. The summed E-state index contributed by atoms with van der Waals surface area (Å²) in [6, 6.07) is 10.3. The molecular weight excluding hydrogens is 381 g/mol. The van der Waals surface area contributed by atoms with Gasteiger partial charge in [-0.05, 0) is 31.2 Å². The van der Waals surface area contributed by atoms with Gasteiger partial charge in [-0.1, -0.05) is 53.5 Å². The Morgan fingerprint density at radius 2 is 1.88 bits per heavy atom. The lowest BCUT2D eigenvalue weighted by Crippen LogP contribution is -2.43. The van der Waals surface area contributed by atoms with Gasteiger partial charge in [0.15, 0.2) is 17.1 Å².